The quantitative estimate of drug-likeness (QED) is 0.547. The predicted octanol–water partition coefficient (Wildman–Crippen LogP) is 3.09. The second-order valence-corrected chi connectivity index (χ2v) is 4.00. The van der Waals surface area contributed by atoms with Gasteiger partial charge >= 0.3 is 0 Å². The van der Waals surface area contributed by atoms with Crippen LogP contribution >= 0.6 is 0 Å². The summed E-state index contributed by atoms with van der Waals surface area (Å²) in [5.41, 5.74) is 0.00561. The lowest BCUT2D eigenvalue weighted by molar-refractivity contribution is 0.467. The molecule has 0 amide bonds. The third-order valence-corrected chi connectivity index (χ3v) is 1.66. The highest BCUT2D eigenvalue weighted by Crippen LogP contribution is 2.19. The molecule has 0 aliphatic carbocycles. The van der Waals surface area contributed by atoms with E-state index in [1.54, 1.807) is 0 Å². The highest BCUT2D eigenvalue weighted by atomic mass is 14.1. The first kappa shape index (κ1) is 11.1. The van der Waals surface area contributed by atoms with Gasteiger partial charge in [0.1, 0.15) is 0 Å². The predicted molar refractivity (Wildman–Crippen MR) is 54.5 cm³/mol. The molecular formula is C12H18. The lowest BCUT2D eigenvalue weighted by Gasteiger charge is -2.14. The zero-order chi connectivity index (χ0) is 9.61. The van der Waals surface area contributed by atoms with E-state index in [2.05, 4.69) is 45.5 Å². The maximum atomic E-state index is 5.35. The summed E-state index contributed by atoms with van der Waals surface area (Å²) in [7, 11) is 0. The van der Waals surface area contributed by atoms with Crippen molar-refractivity contribution in [1.82, 2.24) is 0 Å². The molecule has 0 bridgehead atoms. The Hall–Kier alpha value is -0.880. The number of terminal acetylenes is 1. The first-order valence-electron chi connectivity index (χ1n) is 4.44. The van der Waals surface area contributed by atoms with Crippen LogP contribution in [0.4, 0.5) is 0 Å². The molecule has 0 aromatic heterocycles. The molecule has 66 valence electrons. The van der Waals surface area contributed by atoms with Gasteiger partial charge in [0.05, 0.1) is 0 Å². The minimum Gasteiger partial charge on any atom is -0.120 e. The number of rotatable bonds is 2. The Bertz CT molecular complexity index is 215. The molecule has 0 heterocycles. The lowest BCUT2D eigenvalue weighted by Crippen LogP contribution is -2.06. The van der Waals surface area contributed by atoms with E-state index >= 15 is 0 Å². The summed E-state index contributed by atoms with van der Waals surface area (Å²) in [6, 6.07) is 0. The Kier molecular flexibility index (Phi) is 4.53. The Labute approximate surface area is 76.8 Å². The summed E-state index contributed by atoms with van der Waals surface area (Å²) >= 11 is 0. The molecule has 0 fully saturated rings. The van der Waals surface area contributed by atoms with Crippen LogP contribution < -0.4 is 0 Å². The molecule has 0 rings (SSSR count). The van der Waals surface area contributed by atoms with Crippen molar-refractivity contribution in [3.63, 3.8) is 0 Å². The van der Waals surface area contributed by atoms with Crippen LogP contribution in [0, 0.1) is 35.5 Å². The van der Waals surface area contributed by atoms with Crippen molar-refractivity contribution in [1.29, 1.82) is 0 Å². The minimum absolute atomic E-state index is 0.00561. The van der Waals surface area contributed by atoms with Crippen molar-refractivity contribution >= 4 is 0 Å². The van der Waals surface area contributed by atoms with E-state index in [4.69, 9.17) is 6.42 Å². The topological polar surface area (TPSA) is 0 Å². The van der Waals surface area contributed by atoms with Crippen LogP contribution in [0.25, 0.3) is 0 Å². The fraction of sp³-hybridized carbons (Fsp3) is 0.667. The van der Waals surface area contributed by atoms with Gasteiger partial charge in [0.15, 0.2) is 0 Å². The van der Waals surface area contributed by atoms with E-state index in [-0.39, 0.29) is 5.41 Å². The standard InChI is InChI=1S/C12H18/c1-6-12(4,5)10-8-7-9-11(2)3/h1,11H,8,10H2,2-5H3. The molecule has 0 heteroatoms. The van der Waals surface area contributed by atoms with Crippen molar-refractivity contribution in [2.75, 3.05) is 0 Å². The van der Waals surface area contributed by atoms with Crippen molar-refractivity contribution < 1.29 is 0 Å². The first-order chi connectivity index (χ1) is 5.48. The van der Waals surface area contributed by atoms with E-state index in [9.17, 15) is 0 Å². The largest absolute Gasteiger partial charge is 0.120 e. The Balaban J connectivity index is 3.75. The van der Waals surface area contributed by atoms with Crippen LogP contribution in [0.1, 0.15) is 40.5 Å². The first-order valence-corrected chi connectivity index (χ1v) is 4.44. The van der Waals surface area contributed by atoms with Gasteiger partial charge in [-0.2, -0.15) is 0 Å². The fourth-order valence-corrected chi connectivity index (χ4v) is 0.723. The second kappa shape index (κ2) is 4.89. The average Bonchev–Trinajstić information content (AvgIpc) is 1.98. The number of hydrogen-bond donors (Lipinski definition) is 0. The molecule has 0 aromatic rings. The average molecular weight is 162 g/mol. The van der Waals surface area contributed by atoms with Crippen LogP contribution in [-0.4, -0.2) is 0 Å². The van der Waals surface area contributed by atoms with Crippen molar-refractivity contribution in [3.8, 4) is 24.2 Å². The summed E-state index contributed by atoms with van der Waals surface area (Å²) in [5.74, 6) is 9.49. The van der Waals surface area contributed by atoms with Gasteiger partial charge in [-0.1, -0.05) is 13.8 Å². The van der Waals surface area contributed by atoms with Gasteiger partial charge in [-0.05, 0) is 20.3 Å². The monoisotopic (exact) mass is 162 g/mol. The Morgan fingerprint density at radius 1 is 1.33 bits per heavy atom. The molecule has 0 aromatic carbocycles. The zero-order valence-electron chi connectivity index (χ0n) is 8.57. The molecular weight excluding hydrogens is 144 g/mol. The van der Waals surface area contributed by atoms with Gasteiger partial charge in [0, 0.05) is 17.8 Å². The molecule has 0 aliphatic heterocycles. The van der Waals surface area contributed by atoms with E-state index < -0.39 is 0 Å². The van der Waals surface area contributed by atoms with Crippen molar-refractivity contribution in [2.45, 2.75) is 40.5 Å². The normalized spacial score (nSPS) is 10.3. The van der Waals surface area contributed by atoms with Gasteiger partial charge in [0.25, 0.3) is 0 Å². The van der Waals surface area contributed by atoms with E-state index in [1.165, 1.54) is 0 Å². The maximum absolute atomic E-state index is 5.35. The summed E-state index contributed by atoms with van der Waals surface area (Å²) < 4.78 is 0. The smallest absolute Gasteiger partial charge is 0.0264 e. The van der Waals surface area contributed by atoms with E-state index in [1.807, 2.05) is 0 Å². The summed E-state index contributed by atoms with van der Waals surface area (Å²) in [6.07, 6.45) is 7.25. The van der Waals surface area contributed by atoms with Crippen molar-refractivity contribution in [2.24, 2.45) is 11.3 Å². The molecule has 0 aliphatic rings. The molecule has 12 heavy (non-hydrogen) atoms. The molecule has 0 atom stereocenters. The summed E-state index contributed by atoms with van der Waals surface area (Å²) in [5, 5.41) is 0. The Morgan fingerprint density at radius 2 is 1.92 bits per heavy atom. The summed E-state index contributed by atoms with van der Waals surface area (Å²) in [6.45, 7) is 8.34. The van der Waals surface area contributed by atoms with Gasteiger partial charge < -0.3 is 0 Å². The lowest BCUT2D eigenvalue weighted by atomic mass is 9.89. The fourth-order valence-electron chi connectivity index (χ4n) is 0.723. The molecule has 0 saturated heterocycles. The SMILES string of the molecule is C#CC(C)(C)CCC#CC(C)C. The van der Waals surface area contributed by atoms with Crippen LogP contribution in [0.15, 0.2) is 0 Å². The molecule has 0 N–H and O–H groups in total. The molecule has 0 nitrogen and oxygen atoms in total. The zero-order valence-corrected chi connectivity index (χ0v) is 8.57. The van der Waals surface area contributed by atoms with Crippen molar-refractivity contribution in [3.05, 3.63) is 0 Å². The third-order valence-electron chi connectivity index (χ3n) is 1.66. The number of hydrogen-bond acceptors (Lipinski definition) is 0. The molecule has 0 spiro atoms. The van der Waals surface area contributed by atoms with E-state index in [0.717, 1.165) is 12.8 Å². The minimum atomic E-state index is 0.00561. The highest BCUT2D eigenvalue weighted by Gasteiger charge is 2.11. The molecule has 0 radical (unpaired) electrons. The second-order valence-electron chi connectivity index (χ2n) is 4.00. The van der Waals surface area contributed by atoms with E-state index in [0.29, 0.717) is 5.92 Å². The highest BCUT2D eigenvalue weighted by molar-refractivity contribution is 5.05. The molecule has 0 saturated carbocycles. The summed E-state index contributed by atoms with van der Waals surface area (Å²) in [4.78, 5) is 0. The van der Waals surface area contributed by atoms with Gasteiger partial charge in [-0.3, -0.25) is 0 Å². The van der Waals surface area contributed by atoms with Gasteiger partial charge in [0.2, 0.25) is 0 Å². The van der Waals surface area contributed by atoms with Gasteiger partial charge in [-0.25, -0.2) is 0 Å². The third kappa shape index (κ3) is 5.87. The van der Waals surface area contributed by atoms with Crippen LogP contribution in [0.2, 0.25) is 0 Å². The Morgan fingerprint density at radius 3 is 2.33 bits per heavy atom. The van der Waals surface area contributed by atoms with Gasteiger partial charge in [-0.15, -0.1) is 24.2 Å². The maximum Gasteiger partial charge on any atom is 0.0264 e. The van der Waals surface area contributed by atoms with Crippen LogP contribution in [0.5, 0.6) is 0 Å². The van der Waals surface area contributed by atoms with Crippen LogP contribution in [0.3, 0.4) is 0 Å². The van der Waals surface area contributed by atoms with Crippen LogP contribution in [-0.2, 0) is 0 Å². The molecule has 0 unspecified atom stereocenters.